The average Bonchev–Trinajstić information content (AvgIpc) is 2.45. The molecule has 0 fully saturated rings. The Hall–Kier alpha value is -3.33. The predicted molar refractivity (Wildman–Crippen MR) is 71.3 cm³/mol. The number of nitriles is 2. The molecule has 116 valence electrons. The number of nitrogens with one attached hydrogen (secondary N) is 1. The van der Waals surface area contributed by atoms with Crippen LogP contribution in [0.25, 0.3) is 11.1 Å². The molecule has 3 N–H and O–H groups in total. The van der Waals surface area contributed by atoms with Crippen LogP contribution in [-0.4, -0.2) is 4.98 Å². The summed E-state index contributed by atoms with van der Waals surface area (Å²) in [7, 11) is 0. The fourth-order valence-electron chi connectivity index (χ4n) is 2.01. The molecule has 5 nitrogen and oxygen atoms in total. The molecule has 0 unspecified atom stereocenters. The van der Waals surface area contributed by atoms with Gasteiger partial charge in [-0.2, -0.15) is 23.7 Å². The van der Waals surface area contributed by atoms with Gasteiger partial charge in [-0.1, -0.05) is 6.07 Å². The van der Waals surface area contributed by atoms with E-state index in [0.29, 0.717) is 6.07 Å². The second-order valence-corrected chi connectivity index (χ2v) is 4.41. The molecule has 1 aromatic heterocycles. The number of H-pyrrole nitrogens is 1. The molecule has 23 heavy (non-hydrogen) atoms. The predicted octanol–water partition coefficient (Wildman–Crippen LogP) is 2.53. The van der Waals surface area contributed by atoms with Crippen LogP contribution in [0.3, 0.4) is 0 Å². The minimum atomic E-state index is -4.76. The summed E-state index contributed by atoms with van der Waals surface area (Å²) >= 11 is 0. The summed E-state index contributed by atoms with van der Waals surface area (Å²) < 4.78 is 51.8. The van der Waals surface area contributed by atoms with Crippen LogP contribution in [-0.2, 0) is 6.18 Å². The lowest BCUT2D eigenvalue weighted by Crippen LogP contribution is -2.16. The Balaban J connectivity index is 2.86. The van der Waals surface area contributed by atoms with E-state index in [0.717, 1.165) is 6.07 Å². The maximum Gasteiger partial charge on any atom is 0.416 e. The largest absolute Gasteiger partial charge is 0.416 e. The molecule has 0 aliphatic heterocycles. The minimum absolute atomic E-state index is 0.217. The van der Waals surface area contributed by atoms with Gasteiger partial charge in [0.2, 0.25) is 0 Å². The smallest absolute Gasteiger partial charge is 0.384 e. The highest BCUT2D eigenvalue weighted by Crippen LogP contribution is 2.35. The van der Waals surface area contributed by atoms with E-state index < -0.39 is 51.2 Å². The summed E-state index contributed by atoms with van der Waals surface area (Å²) in [6.45, 7) is 0. The molecule has 0 amide bonds. The van der Waals surface area contributed by atoms with Crippen molar-refractivity contribution in [1.82, 2.24) is 4.98 Å². The number of nitrogens with zero attached hydrogens (tertiary/aromatic N) is 2. The lowest BCUT2D eigenvalue weighted by molar-refractivity contribution is -0.137. The lowest BCUT2D eigenvalue weighted by atomic mass is 9.95. The number of aromatic nitrogens is 1. The number of nitrogens with two attached hydrogens (primary N) is 1. The van der Waals surface area contributed by atoms with Crippen LogP contribution in [0.2, 0.25) is 0 Å². The zero-order chi connectivity index (χ0) is 17.4. The molecule has 1 aromatic carbocycles. The number of pyridine rings is 1. The van der Waals surface area contributed by atoms with E-state index in [1.54, 1.807) is 6.07 Å². The summed E-state index contributed by atoms with van der Waals surface area (Å²) in [4.78, 5) is 13.8. The normalized spacial score (nSPS) is 10.9. The first-order valence-corrected chi connectivity index (χ1v) is 5.93. The van der Waals surface area contributed by atoms with Gasteiger partial charge in [0.15, 0.2) is 0 Å². The molecular formula is C14H6F4N4O. The number of alkyl halides is 3. The van der Waals surface area contributed by atoms with Gasteiger partial charge in [-0.25, -0.2) is 4.39 Å². The highest BCUT2D eigenvalue weighted by Gasteiger charge is 2.32. The number of aromatic amines is 1. The van der Waals surface area contributed by atoms with Gasteiger partial charge < -0.3 is 10.7 Å². The van der Waals surface area contributed by atoms with Gasteiger partial charge in [0.05, 0.1) is 5.56 Å². The van der Waals surface area contributed by atoms with Gasteiger partial charge >= 0.3 is 6.18 Å². The average molecular weight is 322 g/mol. The molecule has 0 radical (unpaired) electrons. The van der Waals surface area contributed by atoms with Crippen molar-refractivity contribution >= 4 is 5.82 Å². The van der Waals surface area contributed by atoms with Crippen LogP contribution in [0.4, 0.5) is 23.4 Å². The van der Waals surface area contributed by atoms with E-state index in [4.69, 9.17) is 16.3 Å². The summed E-state index contributed by atoms with van der Waals surface area (Å²) in [6, 6.07) is 4.64. The molecule has 0 bridgehead atoms. The number of hydrogen-bond acceptors (Lipinski definition) is 4. The van der Waals surface area contributed by atoms with Crippen molar-refractivity contribution in [1.29, 1.82) is 10.5 Å². The maximum absolute atomic E-state index is 14.1. The highest BCUT2D eigenvalue weighted by molar-refractivity contribution is 5.80. The lowest BCUT2D eigenvalue weighted by Gasteiger charge is -2.12. The van der Waals surface area contributed by atoms with Gasteiger partial charge in [0.1, 0.15) is 34.9 Å². The zero-order valence-electron chi connectivity index (χ0n) is 11.1. The summed E-state index contributed by atoms with van der Waals surface area (Å²) in [5, 5.41) is 18.1. The van der Waals surface area contributed by atoms with Crippen molar-refractivity contribution in [3.8, 4) is 23.3 Å². The summed E-state index contributed by atoms with van der Waals surface area (Å²) in [5.41, 5.74) is 1.28. The molecule has 0 saturated heterocycles. The molecule has 0 aliphatic carbocycles. The van der Waals surface area contributed by atoms with Gasteiger partial charge in [0.25, 0.3) is 5.56 Å². The van der Waals surface area contributed by atoms with Crippen molar-refractivity contribution in [3.05, 3.63) is 51.1 Å². The van der Waals surface area contributed by atoms with E-state index in [2.05, 4.69) is 0 Å². The minimum Gasteiger partial charge on any atom is -0.384 e. The molecule has 0 atom stereocenters. The van der Waals surface area contributed by atoms with E-state index in [9.17, 15) is 22.4 Å². The molecule has 1 heterocycles. The Morgan fingerprint density at radius 3 is 2.22 bits per heavy atom. The first kappa shape index (κ1) is 16.0. The highest BCUT2D eigenvalue weighted by atomic mass is 19.4. The van der Waals surface area contributed by atoms with Crippen LogP contribution < -0.4 is 11.3 Å². The van der Waals surface area contributed by atoms with Gasteiger partial charge in [-0.05, 0) is 12.1 Å². The van der Waals surface area contributed by atoms with Crippen LogP contribution in [0.15, 0.2) is 23.0 Å². The van der Waals surface area contributed by atoms with Crippen LogP contribution in [0.5, 0.6) is 0 Å². The van der Waals surface area contributed by atoms with E-state index >= 15 is 0 Å². The molecule has 2 aromatic rings. The Bertz CT molecular complexity index is 932. The van der Waals surface area contributed by atoms with Crippen molar-refractivity contribution in [2.75, 3.05) is 5.73 Å². The molecular weight excluding hydrogens is 316 g/mol. The Labute approximate surface area is 126 Å². The van der Waals surface area contributed by atoms with Gasteiger partial charge in [0, 0.05) is 11.1 Å². The van der Waals surface area contributed by atoms with Crippen molar-refractivity contribution < 1.29 is 17.6 Å². The van der Waals surface area contributed by atoms with Crippen molar-refractivity contribution in [2.45, 2.75) is 6.18 Å². The third kappa shape index (κ3) is 2.72. The topological polar surface area (TPSA) is 106 Å². The third-order valence-electron chi connectivity index (χ3n) is 3.03. The van der Waals surface area contributed by atoms with Gasteiger partial charge in [-0.15, -0.1) is 0 Å². The molecule has 0 saturated carbocycles. The third-order valence-corrected chi connectivity index (χ3v) is 3.03. The quantitative estimate of drug-likeness (QED) is 0.787. The fourth-order valence-corrected chi connectivity index (χ4v) is 2.01. The fraction of sp³-hybridized carbons (Fsp3) is 0.0714. The van der Waals surface area contributed by atoms with E-state index in [1.165, 1.54) is 6.07 Å². The molecule has 9 heteroatoms. The second kappa shape index (κ2) is 5.46. The SMILES string of the molecule is N#Cc1c(N)[nH]c(=O)c(C#N)c1-c1ccc(C(F)(F)F)cc1F. The number of anilines is 1. The first-order chi connectivity index (χ1) is 10.7. The number of rotatable bonds is 1. The van der Waals surface area contributed by atoms with Crippen molar-refractivity contribution in [2.24, 2.45) is 0 Å². The number of halogens is 4. The van der Waals surface area contributed by atoms with Crippen LogP contribution in [0, 0.1) is 28.5 Å². The number of benzene rings is 1. The standard InChI is InChI=1S/C14H6F4N4O/c15-10-3-6(14(16,17)18)1-2-7(10)11-8(4-19)12(21)22-13(23)9(11)5-20/h1-3H,(H3,21,22,23). The van der Waals surface area contributed by atoms with Crippen molar-refractivity contribution in [3.63, 3.8) is 0 Å². The van der Waals surface area contributed by atoms with E-state index in [-0.39, 0.29) is 6.07 Å². The Morgan fingerprint density at radius 2 is 1.74 bits per heavy atom. The Morgan fingerprint density at radius 1 is 1.13 bits per heavy atom. The Kier molecular flexibility index (Phi) is 3.81. The molecule has 0 spiro atoms. The van der Waals surface area contributed by atoms with Crippen LogP contribution >= 0.6 is 0 Å². The summed E-state index contributed by atoms with van der Waals surface area (Å²) in [5.74, 6) is -1.75. The van der Waals surface area contributed by atoms with E-state index in [1.807, 2.05) is 4.98 Å². The second-order valence-electron chi connectivity index (χ2n) is 4.41. The molecule has 2 rings (SSSR count). The number of nitrogen functional groups attached to an aromatic ring is 1. The zero-order valence-corrected chi connectivity index (χ0v) is 11.1. The number of hydrogen-bond donors (Lipinski definition) is 2. The summed E-state index contributed by atoms with van der Waals surface area (Å²) in [6.07, 6.45) is -4.76. The maximum atomic E-state index is 14.1. The van der Waals surface area contributed by atoms with Crippen LogP contribution in [0.1, 0.15) is 16.7 Å². The monoisotopic (exact) mass is 322 g/mol. The van der Waals surface area contributed by atoms with Gasteiger partial charge in [-0.3, -0.25) is 4.79 Å². The molecule has 0 aliphatic rings. The first-order valence-electron chi connectivity index (χ1n) is 5.93.